The number of morpholine rings is 1. The number of ether oxygens (including phenoxy) is 1. The van der Waals surface area contributed by atoms with Crippen LogP contribution in [0.5, 0.6) is 0 Å². The third-order valence-corrected chi connectivity index (χ3v) is 4.35. The fourth-order valence-corrected chi connectivity index (χ4v) is 3.21. The normalized spacial score (nSPS) is 23.5. The Balaban J connectivity index is 1.68. The van der Waals surface area contributed by atoms with Crippen LogP contribution in [-0.4, -0.2) is 66.8 Å². The number of nitrogens with zero attached hydrogens (tertiary/aromatic N) is 4. The predicted molar refractivity (Wildman–Crippen MR) is 84.2 cm³/mol. The average Bonchev–Trinajstić information content (AvgIpc) is 3.00. The van der Waals surface area contributed by atoms with E-state index >= 15 is 0 Å². The Kier molecular flexibility index (Phi) is 4.77. The van der Waals surface area contributed by atoms with Gasteiger partial charge in [-0.15, -0.1) is 0 Å². The van der Waals surface area contributed by atoms with Gasteiger partial charge in [0, 0.05) is 38.8 Å². The van der Waals surface area contributed by atoms with Crippen molar-refractivity contribution >= 4 is 23.4 Å². The van der Waals surface area contributed by atoms with Crippen molar-refractivity contribution in [3.05, 3.63) is 11.2 Å². The van der Waals surface area contributed by atoms with Crippen molar-refractivity contribution in [2.75, 3.05) is 56.2 Å². The van der Waals surface area contributed by atoms with Crippen LogP contribution in [0.15, 0.2) is 6.20 Å². The molecule has 0 radical (unpaired) electrons. The molecule has 0 saturated carbocycles. The third kappa shape index (κ3) is 3.39. The molecule has 116 valence electrons. The Bertz CT molecular complexity index is 480. The molecule has 0 amide bonds. The van der Waals surface area contributed by atoms with E-state index in [0.717, 1.165) is 58.2 Å². The monoisotopic (exact) mass is 311 g/mol. The fraction of sp³-hybridized carbons (Fsp3) is 0.714. The van der Waals surface area contributed by atoms with Gasteiger partial charge in [-0.25, -0.2) is 4.98 Å². The molecule has 0 bridgehead atoms. The number of hydrogen-bond donors (Lipinski definition) is 1. The number of halogens is 1. The molecule has 1 aromatic heterocycles. The molecule has 3 rings (SSSR count). The second-order valence-electron chi connectivity index (χ2n) is 5.43. The van der Waals surface area contributed by atoms with Crippen LogP contribution in [0.25, 0.3) is 0 Å². The average molecular weight is 312 g/mol. The standard InChI is InChI=1S/C14H22ClN5O/c1-2-16-14-17-9-12(15)13(18-14)20-4-3-11(10-20)19-5-7-21-8-6-19/h9,11H,2-8,10H2,1H3,(H,16,17,18). The summed E-state index contributed by atoms with van der Waals surface area (Å²) in [6, 6.07) is 0.572. The van der Waals surface area contributed by atoms with Crippen molar-refractivity contribution < 1.29 is 4.74 Å². The van der Waals surface area contributed by atoms with E-state index in [4.69, 9.17) is 16.3 Å². The second-order valence-corrected chi connectivity index (χ2v) is 5.84. The molecule has 0 aliphatic carbocycles. The highest BCUT2D eigenvalue weighted by atomic mass is 35.5. The number of rotatable bonds is 4. The number of anilines is 2. The van der Waals surface area contributed by atoms with Crippen LogP contribution in [0.3, 0.4) is 0 Å². The van der Waals surface area contributed by atoms with Gasteiger partial charge in [0.2, 0.25) is 5.95 Å². The van der Waals surface area contributed by atoms with Crippen LogP contribution >= 0.6 is 11.6 Å². The summed E-state index contributed by atoms with van der Waals surface area (Å²) in [5, 5.41) is 3.76. The molecule has 6 nitrogen and oxygen atoms in total. The molecule has 0 spiro atoms. The van der Waals surface area contributed by atoms with E-state index in [-0.39, 0.29) is 0 Å². The molecule has 3 heterocycles. The summed E-state index contributed by atoms with van der Waals surface area (Å²) in [5.74, 6) is 1.49. The van der Waals surface area contributed by atoms with E-state index in [0.29, 0.717) is 17.0 Å². The molecule has 2 fully saturated rings. The summed E-state index contributed by atoms with van der Waals surface area (Å²) in [4.78, 5) is 13.5. The van der Waals surface area contributed by atoms with Gasteiger partial charge in [-0.1, -0.05) is 11.6 Å². The molecular weight excluding hydrogens is 290 g/mol. The maximum absolute atomic E-state index is 6.28. The zero-order valence-corrected chi connectivity index (χ0v) is 13.1. The molecule has 7 heteroatoms. The van der Waals surface area contributed by atoms with Crippen molar-refractivity contribution in [3.8, 4) is 0 Å². The lowest BCUT2D eigenvalue weighted by atomic mass is 10.2. The molecule has 1 atom stereocenters. The van der Waals surface area contributed by atoms with E-state index in [1.165, 1.54) is 0 Å². The predicted octanol–water partition coefficient (Wildman–Crippen LogP) is 1.47. The molecule has 1 N–H and O–H groups in total. The third-order valence-electron chi connectivity index (χ3n) is 4.09. The van der Waals surface area contributed by atoms with Crippen LogP contribution in [0.1, 0.15) is 13.3 Å². The lowest BCUT2D eigenvalue weighted by Gasteiger charge is -2.32. The molecule has 0 aromatic carbocycles. The minimum atomic E-state index is 0.572. The van der Waals surface area contributed by atoms with Crippen LogP contribution in [-0.2, 0) is 4.74 Å². The Morgan fingerprint density at radius 2 is 2.19 bits per heavy atom. The zero-order chi connectivity index (χ0) is 14.7. The van der Waals surface area contributed by atoms with Crippen molar-refractivity contribution in [3.63, 3.8) is 0 Å². The molecular formula is C14H22ClN5O. The second kappa shape index (κ2) is 6.77. The fourth-order valence-electron chi connectivity index (χ4n) is 3.00. The van der Waals surface area contributed by atoms with Gasteiger partial charge in [0.05, 0.1) is 19.4 Å². The lowest BCUT2D eigenvalue weighted by molar-refractivity contribution is 0.0209. The van der Waals surface area contributed by atoms with E-state index in [1.807, 2.05) is 6.92 Å². The van der Waals surface area contributed by atoms with Gasteiger partial charge in [0.25, 0.3) is 0 Å². The summed E-state index contributed by atoms with van der Waals surface area (Å²) >= 11 is 6.28. The molecule has 2 aliphatic heterocycles. The van der Waals surface area contributed by atoms with Crippen molar-refractivity contribution in [1.29, 1.82) is 0 Å². The van der Waals surface area contributed by atoms with E-state index in [9.17, 15) is 0 Å². The Labute approximate surface area is 130 Å². The highest BCUT2D eigenvalue weighted by molar-refractivity contribution is 6.32. The van der Waals surface area contributed by atoms with Gasteiger partial charge < -0.3 is 15.0 Å². The van der Waals surface area contributed by atoms with Crippen molar-refractivity contribution in [2.24, 2.45) is 0 Å². The maximum Gasteiger partial charge on any atom is 0.224 e. The Hall–Kier alpha value is -1.11. The highest BCUT2D eigenvalue weighted by Gasteiger charge is 2.30. The van der Waals surface area contributed by atoms with Gasteiger partial charge in [-0.2, -0.15) is 4.98 Å². The summed E-state index contributed by atoms with van der Waals surface area (Å²) in [7, 11) is 0. The van der Waals surface area contributed by atoms with Gasteiger partial charge in [-0.3, -0.25) is 4.90 Å². The largest absolute Gasteiger partial charge is 0.379 e. The van der Waals surface area contributed by atoms with Crippen LogP contribution in [0.2, 0.25) is 5.02 Å². The highest BCUT2D eigenvalue weighted by Crippen LogP contribution is 2.28. The van der Waals surface area contributed by atoms with Crippen LogP contribution < -0.4 is 10.2 Å². The first-order valence-corrected chi connectivity index (χ1v) is 7.99. The van der Waals surface area contributed by atoms with Crippen LogP contribution in [0, 0.1) is 0 Å². The zero-order valence-electron chi connectivity index (χ0n) is 12.4. The minimum absolute atomic E-state index is 0.572. The van der Waals surface area contributed by atoms with E-state index < -0.39 is 0 Å². The number of aromatic nitrogens is 2. The quantitative estimate of drug-likeness (QED) is 0.909. The number of hydrogen-bond acceptors (Lipinski definition) is 6. The van der Waals surface area contributed by atoms with Gasteiger partial charge >= 0.3 is 0 Å². The summed E-state index contributed by atoms with van der Waals surface area (Å²) in [5.41, 5.74) is 0. The summed E-state index contributed by atoms with van der Waals surface area (Å²) in [6.45, 7) is 8.54. The number of nitrogens with one attached hydrogen (secondary N) is 1. The lowest BCUT2D eigenvalue weighted by Crippen LogP contribution is -2.44. The SMILES string of the molecule is CCNc1ncc(Cl)c(N2CCC(N3CCOCC3)C2)n1. The maximum atomic E-state index is 6.28. The topological polar surface area (TPSA) is 53.5 Å². The van der Waals surface area contributed by atoms with Crippen LogP contribution in [0.4, 0.5) is 11.8 Å². The van der Waals surface area contributed by atoms with Gasteiger partial charge in [0.1, 0.15) is 5.02 Å². The van der Waals surface area contributed by atoms with E-state index in [1.54, 1.807) is 6.20 Å². The Morgan fingerprint density at radius 1 is 1.38 bits per heavy atom. The molecule has 21 heavy (non-hydrogen) atoms. The smallest absolute Gasteiger partial charge is 0.224 e. The summed E-state index contributed by atoms with van der Waals surface area (Å²) in [6.07, 6.45) is 2.83. The first-order chi connectivity index (χ1) is 10.3. The van der Waals surface area contributed by atoms with Gasteiger partial charge in [-0.05, 0) is 13.3 Å². The summed E-state index contributed by atoms with van der Waals surface area (Å²) < 4.78 is 5.43. The van der Waals surface area contributed by atoms with Gasteiger partial charge in [0.15, 0.2) is 5.82 Å². The molecule has 2 aliphatic rings. The van der Waals surface area contributed by atoms with E-state index in [2.05, 4.69) is 25.1 Å². The minimum Gasteiger partial charge on any atom is -0.379 e. The molecule has 2 saturated heterocycles. The molecule has 1 unspecified atom stereocenters. The van der Waals surface area contributed by atoms with Crippen molar-refractivity contribution in [1.82, 2.24) is 14.9 Å². The Morgan fingerprint density at radius 3 is 2.95 bits per heavy atom. The first-order valence-electron chi connectivity index (χ1n) is 7.61. The first kappa shape index (κ1) is 14.8. The van der Waals surface area contributed by atoms with Crippen molar-refractivity contribution in [2.45, 2.75) is 19.4 Å². The molecule has 1 aromatic rings.